The molecule has 2 rings (SSSR count). The van der Waals surface area contributed by atoms with E-state index in [1.165, 1.54) is 12.1 Å². The Kier molecular flexibility index (Phi) is 4.28. The number of sulfone groups is 1. The third kappa shape index (κ3) is 3.48. The fraction of sp³-hybridized carbons (Fsp3) is 0.400. The molecule has 4 nitrogen and oxygen atoms in total. The van der Waals surface area contributed by atoms with E-state index >= 15 is 0 Å². The molecule has 0 bridgehead atoms. The maximum atomic E-state index is 11.4. The summed E-state index contributed by atoms with van der Waals surface area (Å²) in [6, 6.07) is 6.18. The third-order valence-electron chi connectivity index (χ3n) is 3.68. The van der Waals surface area contributed by atoms with Crippen molar-refractivity contribution in [2.24, 2.45) is 5.92 Å². The van der Waals surface area contributed by atoms with E-state index in [0.717, 1.165) is 19.1 Å². The fourth-order valence-corrected chi connectivity index (χ4v) is 3.16. The molecule has 1 aromatic rings. The van der Waals surface area contributed by atoms with Crippen molar-refractivity contribution in [2.75, 3.05) is 6.26 Å². The van der Waals surface area contributed by atoms with Gasteiger partial charge in [-0.3, -0.25) is 4.79 Å². The van der Waals surface area contributed by atoms with Crippen LogP contribution in [0.25, 0.3) is 0 Å². The van der Waals surface area contributed by atoms with E-state index in [9.17, 15) is 18.3 Å². The molecule has 20 heavy (non-hydrogen) atoms. The Hall–Kier alpha value is -1.62. The second-order valence-corrected chi connectivity index (χ2v) is 7.29. The van der Waals surface area contributed by atoms with Crippen molar-refractivity contribution in [3.63, 3.8) is 0 Å². The lowest BCUT2D eigenvalue weighted by molar-refractivity contribution is -0.139. The highest BCUT2D eigenvalue weighted by molar-refractivity contribution is 7.90. The van der Waals surface area contributed by atoms with Crippen LogP contribution in [-0.4, -0.2) is 25.7 Å². The van der Waals surface area contributed by atoms with E-state index in [0.29, 0.717) is 17.9 Å². The lowest BCUT2D eigenvalue weighted by atomic mass is 9.88. The summed E-state index contributed by atoms with van der Waals surface area (Å²) in [4.78, 5) is 11.6. The predicted molar refractivity (Wildman–Crippen MR) is 76.4 cm³/mol. The third-order valence-corrected chi connectivity index (χ3v) is 4.81. The molecule has 0 aromatic heterocycles. The number of aliphatic carboxylic acids is 1. The molecular weight excluding hydrogens is 276 g/mol. The maximum absolute atomic E-state index is 11.4. The van der Waals surface area contributed by atoms with Gasteiger partial charge in [0.15, 0.2) is 9.84 Å². The van der Waals surface area contributed by atoms with Crippen molar-refractivity contribution < 1.29 is 18.3 Å². The van der Waals surface area contributed by atoms with Crippen LogP contribution in [0.4, 0.5) is 0 Å². The smallest absolute Gasteiger partial charge is 0.310 e. The summed E-state index contributed by atoms with van der Waals surface area (Å²) < 4.78 is 22.8. The zero-order chi connectivity index (χ0) is 14.8. The zero-order valence-electron chi connectivity index (χ0n) is 11.3. The van der Waals surface area contributed by atoms with Gasteiger partial charge < -0.3 is 5.11 Å². The minimum absolute atomic E-state index is 0.216. The standard InChI is InChI=1S/C15H18O4S/c1-20(18,19)13-8-6-12(7-9-13)14(15(16)17)10-11-4-2-3-5-11/h2-3,6-9,11,14H,4-5,10H2,1H3,(H,16,17)/t14-/m0/s1. The van der Waals surface area contributed by atoms with Gasteiger partial charge in [0.2, 0.25) is 0 Å². The fourth-order valence-electron chi connectivity index (χ4n) is 2.53. The van der Waals surface area contributed by atoms with Gasteiger partial charge in [0.1, 0.15) is 0 Å². The highest BCUT2D eigenvalue weighted by Gasteiger charge is 2.25. The zero-order valence-corrected chi connectivity index (χ0v) is 12.1. The number of hydrogen-bond acceptors (Lipinski definition) is 3. The van der Waals surface area contributed by atoms with Crippen molar-refractivity contribution in [3.05, 3.63) is 42.0 Å². The highest BCUT2D eigenvalue weighted by Crippen LogP contribution is 2.31. The molecule has 0 saturated heterocycles. The molecule has 1 N–H and O–H groups in total. The molecule has 1 aromatic carbocycles. The van der Waals surface area contributed by atoms with Crippen LogP contribution in [0.2, 0.25) is 0 Å². The van der Waals surface area contributed by atoms with Crippen LogP contribution < -0.4 is 0 Å². The largest absolute Gasteiger partial charge is 0.481 e. The highest BCUT2D eigenvalue weighted by atomic mass is 32.2. The van der Waals surface area contributed by atoms with E-state index in [4.69, 9.17) is 0 Å². The summed E-state index contributed by atoms with van der Waals surface area (Å²) >= 11 is 0. The molecule has 0 radical (unpaired) electrons. The van der Waals surface area contributed by atoms with Crippen molar-refractivity contribution in [2.45, 2.75) is 30.1 Å². The Bertz CT molecular complexity index is 606. The van der Waals surface area contributed by atoms with Gasteiger partial charge in [-0.05, 0) is 42.9 Å². The number of benzene rings is 1. The molecule has 1 atom stereocenters. The number of carboxylic acids is 1. The summed E-state index contributed by atoms with van der Waals surface area (Å²) in [6.45, 7) is 0. The molecule has 0 spiro atoms. The van der Waals surface area contributed by atoms with Crippen LogP contribution in [0.15, 0.2) is 41.3 Å². The Morgan fingerprint density at radius 1 is 1.25 bits per heavy atom. The van der Waals surface area contributed by atoms with Gasteiger partial charge in [0.05, 0.1) is 10.8 Å². The van der Waals surface area contributed by atoms with Gasteiger partial charge in [-0.25, -0.2) is 8.42 Å². The normalized spacial score (nSPS) is 17.2. The molecule has 1 aliphatic carbocycles. The summed E-state index contributed by atoms with van der Waals surface area (Å²) in [5.74, 6) is -1.07. The molecule has 0 aliphatic heterocycles. The van der Waals surface area contributed by atoms with Crippen LogP contribution in [0.5, 0.6) is 0 Å². The van der Waals surface area contributed by atoms with Gasteiger partial charge in [-0.2, -0.15) is 0 Å². The molecule has 0 heterocycles. The average Bonchev–Trinajstić information content (AvgIpc) is 2.87. The second kappa shape index (κ2) is 5.79. The Labute approximate surface area is 119 Å². The number of rotatable bonds is 5. The second-order valence-electron chi connectivity index (χ2n) is 5.28. The quantitative estimate of drug-likeness (QED) is 0.847. The van der Waals surface area contributed by atoms with Crippen molar-refractivity contribution in [1.82, 2.24) is 0 Å². The molecule has 0 saturated carbocycles. The Balaban J connectivity index is 2.19. The van der Waals surface area contributed by atoms with Crippen LogP contribution in [0.1, 0.15) is 30.7 Å². The summed E-state index contributed by atoms with van der Waals surface area (Å²) in [5, 5.41) is 9.38. The maximum Gasteiger partial charge on any atom is 0.310 e. The SMILES string of the molecule is CS(=O)(=O)c1ccc([C@H](CC2CC=CC2)C(=O)O)cc1. The first kappa shape index (κ1) is 14.8. The Morgan fingerprint density at radius 3 is 2.25 bits per heavy atom. The van der Waals surface area contributed by atoms with Crippen molar-refractivity contribution >= 4 is 15.8 Å². The number of hydrogen-bond donors (Lipinski definition) is 1. The molecule has 0 amide bonds. The van der Waals surface area contributed by atoms with Gasteiger partial charge in [0, 0.05) is 6.26 Å². The monoisotopic (exact) mass is 294 g/mol. The van der Waals surface area contributed by atoms with Crippen LogP contribution >= 0.6 is 0 Å². The van der Waals surface area contributed by atoms with Crippen molar-refractivity contribution in [3.8, 4) is 0 Å². The van der Waals surface area contributed by atoms with Crippen LogP contribution in [0.3, 0.4) is 0 Å². The topological polar surface area (TPSA) is 71.4 Å². The first-order valence-electron chi connectivity index (χ1n) is 6.55. The van der Waals surface area contributed by atoms with Gasteiger partial charge in [0.25, 0.3) is 0 Å². The summed E-state index contributed by atoms with van der Waals surface area (Å²) in [7, 11) is -3.25. The molecule has 5 heteroatoms. The molecular formula is C15H18O4S. The van der Waals surface area contributed by atoms with Crippen LogP contribution in [0, 0.1) is 5.92 Å². The van der Waals surface area contributed by atoms with Gasteiger partial charge in [-0.1, -0.05) is 24.3 Å². The first-order chi connectivity index (χ1) is 9.38. The lowest BCUT2D eigenvalue weighted by Gasteiger charge is -2.17. The van der Waals surface area contributed by atoms with Gasteiger partial charge in [-0.15, -0.1) is 0 Å². The van der Waals surface area contributed by atoms with E-state index in [1.807, 2.05) is 0 Å². The Morgan fingerprint density at radius 2 is 1.80 bits per heavy atom. The van der Waals surface area contributed by atoms with Crippen LogP contribution in [-0.2, 0) is 14.6 Å². The lowest BCUT2D eigenvalue weighted by Crippen LogP contribution is -2.15. The van der Waals surface area contributed by atoms with E-state index < -0.39 is 21.7 Å². The van der Waals surface area contributed by atoms with E-state index in [2.05, 4.69) is 12.2 Å². The first-order valence-corrected chi connectivity index (χ1v) is 8.45. The summed E-state index contributed by atoms with van der Waals surface area (Å²) in [6.07, 6.45) is 7.73. The number of carbonyl (C=O) groups is 1. The molecule has 108 valence electrons. The number of allylic oxidation sites excluding steroid dienone is 2. The predicted octanol–water partition coefficient (Wildman–Crippen LogP) is 2.61. The molecule has 1 aliphatic rings. The number of carboxylic acid groups (broad SMARTS) is 1. The summed E-state index contributed by atoms with van der Waals surface area (Å²) in [5.41, 5.74) is 0.664. The van der Waals surface area contributed by atoms with Gasteiger partial charge >= 0.3 is 5.97 Å². The van der Waals surface area contributed by atoms with Crippen molar-refractivity contribution in [1.29, 1.82) is 0 Å². The average molecular weight is 294 g/mol. The minimum atomic E-state index is -3.25. The van der Waals surface area contributed by atoms with E-state index in [-0.39, 0.29) is 4.90 Å². The molecule has 0 fully saturated rings. The minimum Gasteiger partial charge on any atom is -0.481 e. The molecule has 0 unspecified atom stereocenters. The van der Waals surface area contributed by atoms with E-state index in [1.54, 1.807) is 12.1 Å².